The Kier molecular flexibility index (Phi) is 7.26. The van der Waals surface area contributed by atoms with Gasteiger partial charge in [-0.15, -0.1) is 0 Å². The molecule has 0 aliphatic heterocycles. The lowest BCUT2D eigenvalue weighted by atomic mass is 10.0. The summed E-state index contributed by atoms with van der Waals surface area (Å²) in [5.41, 5.74) is 1.14. The van der Waals surface area contributed by atoms with Crippen molar-refractivity contribution in [3.63, 3.8) is 0 Å². The van der Waals surface area contributed by atoms with Crippen molar-refractivity contribution in [3.05, 3.63) is 18.0 Å². The van der Waals surface area contributed by atoms with Crippen molar-refractivity contribution in [2.24, 2.45) is 18.0 Å². The first kappa shape index (κ1) is 16.8. The minimum absolute atomic E-state index is 0.672. The van der Waals surface area contributed by atoms with Gasteiger partial charge in [0, 0.05) is 31.9 Å². The van der Waals surface area contributed by atoms with Crippen LogP contribution in [0.4, 0.5) is 0 Å². The van der Waals surface area contributed by atoms with Crippen LogP contribution in [0.2, 0.25) is 0 Å². The molecule has 1 fully saturated rings. The fourth-order valence-electron chi connectivity index (χ4n) is 3.13. The minimum Gasteiger partial charge on any atom is -0.357 e. The Labute approximate surface area is 134 Å². The number of nitrogens with zero attached hydrogens (tertiary/aromatic N) is 3. The van der Waals surface area contributed by atoms with E-state index in [1.165, 1.54) is 44.9 Å². The number of nitrogens with one attached hydrogen (secondary N) is 2. The second-order valence-electron chi connectivity index (χ2n) is 6.29. The summed E-state index contributed by atoms with van der Waals surface area (Å²) in [5, 5.41) is 10.9. The standard InChI is InChI=1S/C17H31N5/c1-3-18-17(20-12-16-13-21-22(2)14-16)19-11-7-6-10-15-8-4-5-9-15/h13-15H,3-12H2,1-2H3,(H2,18,19,20). The summed E-state index contributed by atoms with van der Waals surface area (Å²) in [4.78, 5) is 4.61. The zero-order chi connectivity index (χ0) is 15.6. The van der Waals surface area contributed by atoms with E-state index in [2.05, 4.69) is 27.6 Å². The van der Waals surface area contributed by atoms with Crippen molar-refractivity contribution >= 4 is 5.96 Å². The maximum Gasteiger partial charge on any atom is 0.191 e. The predicted octanol–water partition coefficient (Wildman–Crippen LogP) is 2.84. The van der Waals surface area contributed by atoms with Crippen molar-refractivity contribution in [3.8, 4) is 0 Å². The maximum absolute atomic E-state index is 4.61. The Morgan fingerprint density at radius 1 is 1.32 bits per heavy atom. The van der Waals surface area contributed by atoms with Gasteiger partial charge in [-0.1, -0.05) is 38.5 Å². The number of aliphatic imine (C=N–C) groups is 1. The van der Waals surface area contributed by atoms with E-state index in [0.29, 0.717) is 6.54 Å². The van der Waals surface area contributed by atoms with Gasteiger partial charge < -0.3 is 10.6 Å². The number of hydrogen-bond donors (Lipinski definition) is 2. The van der Waals surface area contributed by atoms with Crippen molar-refractivity contribution in [2.75, 3.05) is 13.1 Å². The molecular formula is C17H31N5. The molecule has 5 nitrogen and oxygen atoms in total. The van der Waals surface area contributed by atoms with E-state index in [-0.39, 0.29) is 0 Å². The summed E-state index contributed by atoms with van der Waals surface area (Å²) in [7, 11) is 1.93. The zero-order valence-electron chi connectivity index (χ0n) is 14.1. The van der Waals surface area contributed by atoms with Crippen LogP contribution in [0.3, 0.4) is 0 Å². The van der Waals surface area contributed by atoms with Crippen LogP contribution in [0.1, 0.15) is 57.4 Å². The molecule has 2 N–H and O–H groups in total. The van der Waals surface area contributed by atoms with Crippen LogP contribution >= 0.6 is 0 Å². The molecule has 0 radical (unpaired) electrons. The van der Waals surface area contributed by atoms with Crippen LogP contribution in [0.25, 0.3) is 0 Å². The third kappa shape index (κ3) is 6.08. The minimum atomic E-state index is 0.672. The number of guanidine groups is 1. The maximum atomic E-state index is 4.61. The average Bonchev–Trinajstić information content (AvgIpc) is 3.16. The van der Waals surface area contributed by atoms with Crippen molar-refractivity contribution in [1.29, 1.82) is 0 Å². The lowest BCUT2D eigenvalue weighted by Gasteiger charge is -2.12. The molecule has 1 saturated carbocycles. The normalized spacial score (nSPS) is 16.2. The van der Waals surface area contributed by atoms with Crippen LogP contribution in [-0.4, -0.2) is 28.8 Å². The summed E-state index contributed by atoms with van der Waals surface area (Å²) in [6.07, 6.45) is 13.7. The van der Waals surface area contributed by atoms with Crippen molar-refractivity contribution < 1.29 is 0 Å². The summed E-state index contributed by atoms with van der Waals surface area (Å²) in [5.74, 6) is 1.92. The van der Waals surface area contributed by atoms with Crippen LogP contribution in [-0.2, 0) is 13.6 Å². The number of unbranched alkanes of at least 4 members (excludes halogenated alkanes) is 1. The second kappa shape index (κ2) is 9.49. The molecule has 22 heavy (non-hydrogen) atoms. The zero-order valence-corrected chi connectivity index (χ0v) is 14.1. The highest BCUT2D eigenvalue weighted by molar-refractivity contribution is 5.79. The number of aryl methyl sites for hydroxylation is 1. The second-order valence-corrected chi connectivity index (χ2v) is 6.29. The fraction of sp³-hybridized carbons (Fsp3) is 0.765. The number of rotatable bonds is 8. The van der Waals surface area contributed by atoms with Crippen LogP contribution in [0.15, 0.2) is 17.4 Å². The molecule has 0 spiro atoms. The van der Waals surface area contributed by atoms with E-state index in [4.69, 9.17) is 0 Å². The van der Waals surface area contributed by atoms with Gasteiger partial charge >= 0.3 is 0 Å². The first-order valence-corrected chi connectivity index (χ1v) is 8.77. The molecule has 0 unspecified atom stereocenters. The lowest BCUT2D eigenvalue weighted by molar-refractivity contribution is 0.472. The van der Waals surface area contributed by atoms with Gasteiger partial charge in [-0.3, -0.25) is 4.68 Å². The molecule has 0 amide bonds. The van der Waals surface area contributed by atoms with Crippen LogP contribution in [0, 0.1) is 5.92 Å². The van der Waals surface area contributed by atoms with Gasteiger partial charge in [-0.2, -0.15) is 5.10 Å². The fourth-order valence-corrected chi connectivity index (χ4v) is 3.13. The van der Waals surface area contributed by atoms with E-state index in [1.807, 2.05) is 24.1 Å². The molecule has 0 atom stereocenters. The Morgan fingerprint density at radius 2 is 2.14 bits per heavy atom. The quantitative estimate of drug-likeness (QED) is 0.441. The lowest BCUT2D eigenvalue weighted by Crippen LogP contribution is -2.37. The average molecular weight is 305 g/mol. The highest BCUT2D eigenvalue weighted by Gasteiger charge is 2.13. The third-order valence-corrected chi connectivity index (χ3v) is 4.33. The van der Waals surface area contributed by atoms with Crippen molar-refractivity contribution in [2.45, 2.75) is 58.4 Å². The van der Waals surface area contributed by atoms with E-state index < -0.39 is 0 Å². The molecule has 1 aliphatic carbocycles. The van der Waals surface area contributed by atoms with Gasteiger partial charge in [-0.25, -0.2) is 4.99 Å². The van der Waals surface area contributed by atoms with Gasteiger partial charge in [0.25, 0.3) is 0 Å². The summed E-state index contributed by atoms with van der Waals surface area (Å²) in [6.45, 7) is 4.67. The molecule has 1 heterocycles. The molecular weight excluding hydrogens is 274 g/mol. The van der Waals surface area contributed by atoms with Crippen LogP contribution < -0.4 is 10.6 Å². The first-order chi connectivity index (χ1) is 10.8. The van der Waals surface area contributed by atoms with Crippen LogP contribution in [0.5, 0.6) is 0 Å². The first-order valence-electron chi connectivity index (χ1n) is 8.77. The molecule has 0 saturated heterocycles. The highest BCUT2D eigenvalue weighted by Crippen LogP contribution is 2.28. The van der Waals surface area contributed by atoms with Gasteiger partial charge in [0.2, 0.25) is 0 Å². The van der Waals surface area contributed by atoms with Gasteiger partial charge in [0.15, 0.2) is 5.96 Å². The Hall–Kier alpha value is -1.52. The van der Waals surface area contributed by atoms with Gasteiger partial charge in [0.1, 0.15) is 0 Å². The largest absolute Gasteiger partial charge is 0.357 e. The molecule has 1 aliphatic rings. The SMILES string of the molecule is CCNC(=NCc1cnn(C)c1)NCCCCC1CCCC1. The molecule has 5 heteroatoms. The summed E-state index contributed by atoms with van der Waals surface area (Å²) in [6, 6.07) is 0. The van der Waals surface area contributed by atoms with E-state index in [0.717, 1.165) is 30.5 Å². The Balaban J connectivity index is 1.64. The highest BCUT2D eigenvalue weighted by atomic mass is 15.2. The smallest absolute Gasteiger partial charge is 0.191 e. The number of hydrogen-bond acceptors (Lipinski definition) is 2. The van der Waals surface area contributed by atoms with Gasteiger partial charge in [0.05, 0.1) is 12.7 Å². The monoisotopic (exact) mass is 305 g/mol. The molecule has 124 valence electrons. The van der Waals surface area contributed by atoms with E-state index >= 15 is 0 Å². The Morgan fingerprint density at radius 3 is 2.82 bits per heavy atom. The molecule has 1 aromatic rings. The number of aromatic nitrogens is 2. The Bertz CT molecular complexity index is 446. The molecule has 0 aromatic carbocycles. The molecule has 1 aromatic heterocycles. The van der Waals surface area contributed by atoms with E-state index in [9.17, 15) is 0 Å². The third-order valence-electron chi connectivity index (χ3n) is 4.33. The topological polar surface area (TPSA) is 54.2 Å². The predicted molar refractivity (Wildman–Crippen MR) is 91.8 cm³/mol. The van der Waals surface area contributed by atoms with E-state index in [1.54, 1.807) is 0 Å². The summed E-state index contributed by atoms with van der Waals surface area (Å²) >= 11 is 0. The molecule has 2 rings (SSSR count). The van der Waals surface area contributed by atoms with Crippen molar-refractivity contribution in [1.82, 2.24) is 20.4 Å². The van der Waals surface area contributed by atoms with Gasteiger partial charge in [-0.05, 0) is 19.3 Å². The summed E-state index contributed by atoms with van der Waals surface area (Å²) < 4.78 is 1.81. The molecule has 0 bridgehead atoms.